The van der Waals surface area contributed by atoms with Crippen LogP contribution in [0.15, 0.2) is 12.2 Å². The number of piperidine rings is 1. The third-order valence-electron chi connectivity index (χ3n) is 5.37. The maximum absolute atomic E-state index is 12.4. The predicted molar refractivity (Wildman–Crippen MR) is 96.6 cm³/mol. The molecule has 0 bridgehead atoms. The quantitative estimate of drug-likeness (QED) is 0.675. The fourth-order valence-corrected chi connectivity index (χ4v) is 3.64. The van der Waals surface area contributed by atoms with Crippen LogP contribution in [0.2, 0.25) is 0 Å². The Bertz CT molecular complexity index is 390. The van der Waals surface area contributed by atoms with Gasteiger partial charge in [0, 0.05) is 45.2 Å². The van der Waals surface area contributed by atoms with E-state index in [2.05, 4.69) is 35.1 Å². The Balaban J connectivity index is 1.75. The van der Waals surface area contributed by atoms with Gasteiger partial charge in [-0.2, -0.15) is 0 Å². The number of hydrogen-bond acceptors (Lipinski definition) is 3. The summed E-state index contributed by atoms with van der Waals surface area (Å²) in [4.78, 5) is 19.5. The molecule has 2 aliphatic heterocycles. The monoisotopic (exact) mass is 321 g/mol. The van der Waals surface area contributed by atoms with Crippen molar-refractivity contribution in [1.29, 1.82) is 0 Å². The summed E-state index contributed by atoms with van der Waals surface area (Å²) in [5, 5.41) is 0. The van der Waals surface area contributed by atoms with Crippen molar-refractivity contribution in [2.75, 3.05) is 45.8 Å². The highest BCUT2D eigenvalue weighted by Gasteiger charge is 2.24. The number of amides is 1. The van der Waals surface area contributed by atoms with E-state index >= 15 is 0 Å². The molecular formula is C19H35N3O. The van der Waals surface area contributed by atoms with E-state index < -0.39 is 0 Å². The minimum absolute atomic E-state index is 0.344. The Kier molecular flexibility index (Phi) is 7.57. The van der Waals surface area contributed by atoms with Crippen molar-refractivity contribution in [3.05, 3.63) is 12.2 Å². The Labute approximate surface area is 142 Å². The van der Waals surface area contributed by atoms with Crippen molar-refractivity contribution in [3.63, 3.8) is 0 Å². The van der Waals surface area contributed by atoms with Crippen LogP contribution in [0.25, 0.3) is 0 Å². The van der Waals surface area contributed by atoms with E-state index in [-0.39, 0.29) is 0 Å². The first-order valence-corrected chi connectivity index (χ1v) is 9.45. The van der Waals surface area contributed by atoms with Gasteiger partial charge in [0.15, 0.2) is 0 Å². The molecule has 0 radical (unpaired) electrons. The first-order valence-electron chi connectivity index (χ1n) is 9.45. The Hall–Kier alpha value is -0.870. The van der Waals surface area contributed by atoms with Gasteiger partial charge < -0.3 is 9.80 Å². The van der Waals surface area contributed by atoms with Gasteiger partial charge >= 0.3 is 0 Å². The molecule has 2 fully saturated rings. The molecule has 0 unspecified atom stereocenters. The molecular weight excluding hydrogens is 286 g/mol. The molecule has 4 nitrogen and oxygen atoms in total. The molecule has 0 aliphatic carbocycles. The van der Waals surface area contributed by atoms with Gasteiger partial charge in [0.05, 0.1) is 0 Å². The number of rotatable bonds is 7. The Morgan fingerprint density at radius 2 is 1.83 bits per heavy atom. The molecule has 2 rings (SSSR count). The third kappa shape index (κ3) is 6.27. The predicted octanol–water partition coefficient (Wildman–Crippen LogP) is 2.75. The highest BCUT2D eigenvalue weighted by Crippen LogP contribution is 2.14. The van der Waals surface area contributed by atoms with Gasteiger partial charge in [-0.05, 0) is 52.6 Å². The summed E-state index contributed by atoms with van der Waals surface area (Å²) in [5.74, 6) is 0.344. The van der Waals surface area contributed by atoms with Gasteiger partial charge in [0.25, 0.3) is 0 Å². The SMILES string of the molecule is C=C(C)CC[C@H](C)N1CCC(=O)N(CCN2CCCCC2)CC1. The Morgan fingerprint density at radius 1 is 1.09 bits per heavy atom. The highest BCUT2D eigenvalue weighted by atomic mass is 16.2. The molecule has 0 aromatic heterocycles. The standard InChI is InChI=1S/C19H35N3O/c1-17(2)7-8-18(3)21-12-9-19(23)22(16-15-21)14-13-20-10-5-4-6-11-20/h18H,1,4-16H2,2-3H3/t18-/m0/s1. The molecule has 4 heteroatoms. The van der Waals surface area contributed by atoms with Gasteiger partial charge in [-0.1, -0.05) is 12.0 Å². The highest BCUT2D eigenvalue weighted by molar-refractivity contribution is 5.76. The fourth-order valence-electron chi connectivity index (χ4n) is 3.64. The van der Waals surface area contributed by atoms with Gasteiger partial charge in [-0.3, -0.25) is 9.69 Å². The molecule has 0 aromatic carbocycles. The average Bonchev–Trinajstić information content (AvgIpc) is 2.73. The molecule has 2 aliphatic rings. The second-order valence-electron chi connectivity index (χ2n) is 7.41. The van der Waals surface area contributed by atoms with Gasteiger partial charge in [0.2, 0.25) is 5.91 Å². The number of carbonyl (C=O) groups is 1. The van der Waals surface area contributed by atoms with Crippen LogP contribution in [-0.4, -0.2) is 72.5 Å². The Morgan fingerprint density at radius 3 is 2.52 bits per heavy atom. The van der Waals surface area contributed by atoms with E-state index in [1.807, 2.05) is 0 Å². The molecule has 2 saturated heterocycles. The summed E-state index contributed by atoms with van der Waals surface area (Å²) >= 11 is 0. The lowest BCUT2D eigenvalue weighted by Crippen LogP contribution is -2.41. The van der Waals surface area contributed by atoms with Crippen molar-refractivity contribution in [3.8, 4) is 0 Å². The first kappa shape index (κ1) is 18.5. The minimum atomic E-state index is 0.344. The molecule has 0 saturated carbocycles. The van der Waals surface area contributed by atoms with E-state index in [1.165, 1.54) is 37.9 Å². The van der Waals surface area contributed by atoms with E-state index in [0.717, 1.165) is 45.6 Å². The van der Waals surface area contributed by atoms with Crippen molar-refractivity contribution >= 4 is 5.91 Å². The van der Waals surface area contributed by atoms with Crippen molar-refractivity contribution in [2.45, 2.75) is 58.4 Å². The summed E-state index contributed by atoms with van der Waals surface area (Å²) < 4.78 is 0. The largest absolute Gasteiger partial charge is 0.340 e. The van der Waals surface area contributed by atoms with Gasteiger partial charge in [0.1, 0.15) is 0 Å². The minimum Gasteiger partial charge on any atom is -0.340 e. The zero-order chi connectivity index (χ0) is 16.7. The normalized spacial score (nSPS) is 22.9. The van der Waals surface area contributed by atoms with Crippen LogP contribution in [-0.2, 0) is 4.79 Å². The zero-order valence-corrected chi connectivity index (χ0v) is 15.2. The number of likely N-dealkylation sites (tertiary alicyclic amines) is 1. The molecule has 1 amide bonds. The van der Waals surface area contributed by atoms with Gasteiger partial charge in [-0.15, -0.1) is 6.58 Å². The van der Waals surface area contributed by atoms with Crippen molar-refractivity contribution < 1.29 is 4.79 Å². The van der Waals surface area contributed by atoms with Crippen LogP contribution in [0.1, 0.15) is 52.4 Å². The first-order chi connectivity index (χ1) is 11.1. The lowest BCUT2D eigenvalue weighted by molar-refractivity contribution is -0.130. The maximum Gasteiger partial charge on any atom is 0.223 e. The van der Waals surface area contributed by atoms with E-state index in [1.54, 1.807) is 0 Å². The number of carbonyl (C=O) groups excluding carboxylic acids is 1. The van der Waals surface area contributed by atoms with Gasteiger partial charge in [-0.25, -0.2) is 0 Å². The van der Waals surface area contributed by atoms with Crippen LogP contribution in [0.4, 0.5) is 0 Å². The van der Waals surface area contributed by atoms with Crippen molar-refractivity contribution in [1.82, 2.24) is 14.7 Å². The fraction of sp³-hybridized carbons (Fsp3) is 0.842. The van der Waals surface area contributed by atoms with Crippen LogP contribution in [0, 0.1) is 0 Å². The lowest BCUT2D eigenvalue weighted by atomic mass is 10.1. The average molecular weight is 322 g/mol. The second kappa shape index (κ2) is 9.43. The third-order valence-corrected chi connectivity index (χ3v) is 5.37. The molecule has 0 aromatic rings. The topological polar surface area (TPSA) is 26.8 Å². The molecule has 0 N–H and O–H groups in total. The van der Waals surface area contributed by atoms with Crippen LogP contribution in [0.3, 0.4) is 0 Å². The molecule has 2 heterocycles. The molecule has 1 atom stereocenters. The summed E-state index contributed by atoms with van der Waals surface area (Å²) in [7, 11) is 0. The zero-order valence-electron chi connectivity index (χ0n) is 15.2. The van der Waals surface area contributed by atoms with Crippen molar-refractivity contribution in [2.24, 2.45) is 0 Å². The second-order valence-corrected chi connectivity index (χ2v) is 7.41. The van der Waals surface area contributed by atoms with Crippen LogP contribution in [0.5, 0.6) is 0 Å². The lowest BCUT2D eigenvalue weighted by Gasteiger charge is -2.30. The maximum atomic E-state index is 12.4. The number of nitrogens with zero attached hydrogens (tertiary/aromatic N) is 3. The number of allylic oxidation sites excluding steroid dienone is 1. The summed E-state index contributed by atoms with van der Waals surface area (Å²) in [6.07, 6.45) is 6.93. The van der Waals surface area contributed by atoms with E-state index in [9.17, 15) is 4.79 Å². The summed E-state index contributed by atoms with van der Waals surface area (Å²) in [5.41, 5.74) is 1.26. The number of hydrogen-bond donors (Lipinski definition) is 0. The summed E-state index contributed by atoms with van der Waals surface area (Å²) in [6, 6.07) is 0.543. The van der Waals surface area contributed by atoms with E-state index in [4.69, 9.17) is 0 Å². The van der Waals surface area contributed by atoms with Crippen LogP contribution < -0.4 is 0 Å². The molecule has 132 valence electrons. The summed E-state index contributed by atoms with van der Waals surface area (Å²) in [6.45, 7) is 15.6. The smallest absolute Gasteiger partial charge is 0.223 e. The molecule has 23 heavy (non-hydrogen) atoms. The van der Waals surface area contributed by atoms with Crippen LogP contribution >= 0.6 is 0 Å². The van der Waals surface area contributed by atoms with E-state index in [0.29, 0.717) is 18.4 Å². The molecule has 0 spiro atoms.